The number of benzene rings is 1. The van der Waals surface area contributed by atoms with E-state index in [0.717, 1.165) is 6.42 Å². The summed E-state index contributed by atoms with van der Waals surface area (Å²) < 4.78 is 0. The van der Waals surface area contributed by atoms with Gasteiger partial charge in [0.05, 0.1) is 6.07 Å². The lowest BCUT2D eigenvalue weighted by molar-refractivity contribution is 1.22. The second kappa shape index (κ2) is 5.09. The number of hydrogen-bond acceptors (Lipinski definition) is 2. The van der Waals surface area contributed by atoms with Crippen molar-refractivity contribution in [2.45, 2.75) is 6.42 Å². The average molecular weight is 158 g/mol. The molecule has 12 heavy (non-hydrogen) atoms. The minimum Gasteiger partial charge on any atom is -0.282 e. The van der Waals surface area contributed by atoms with Gasteiger partial charge in [-0.2, -0.15) is 5.26 Å². The third kappa shape index (κ3) is 2.98. The van der Waals surface area contributed by atoms with Crippen molar-refractivity contribution in [1.82, 2.24) is 0 Å². The predicted octanol–water partition coefficient (Wildman–Crippen LogP) is 1.82. The molecule has 0 atom stereocenters. The van der Waals surface area contributed by atoms with Gasteiger partial charge in [-0.3, -0.25) is 4.99 Å². The van der Waals surface area contributed by atoms with Gasteiger partial charge in [0.15, 0.2) is 0 Å². The van der Waals surface area contributed by atoms with E-state index in [9.17, 15) is 0 Å². The molecule has 1 aromatic rings. The van der Waals surface area contributed by atoms with E-state index < -0.39 is 0 Å². The van der Waals surface area contributed by atoms with Gasteiger partial charge in [-0.1, -0.05) is 30.3 Å². The highest BCUT2D eigenvalue weighted by Gasteiger charge is 1.85. The second-order valence-electron chi connectivity index (χ2n) is 2.37. The Balaban J connectivity index is 2.39. The molecular formula is C10H10N2. The highest BCUT2D eigenvalue weighted by molar-refractivity contribution is 5.61. The van der Waals surface area contributed by atoms with Gasteiger partial charge < -0.3 is 0 Å². The van der Waals surface area contributed by atoms with Crippen molar-refractivity contribution in [2.24, 2.45) is 4.99 Å². The fourth-order valence-electron chi connectivity index (χ4n) is 0.889. The summed E-state index contributed by atoms with van der Waals surface area (Å²) in [7, 11) is 0. The molecule has 0 aliphatic carbocycles. The second-order valence-corrected chi connectivity index (χ2v) is 2.37. The van der Waals surface area contributed by atoms with E-state index in [4.69, 9.17) is 5.26 Å². The molecule has 0 N–H and O–H groups in total. The normalized spacial score (nSPS) is 9.92. The zero-order valence-electron chi connectivity index (χ0n) is 6.77. The molecular weight excluding hydrogens is 148 g/mol. The van der Waals surface area contributed by atoms with Crippen molar-refractivity contribution in [2.75, 3.05) is 6.54 Å². The Morgan fingerprint density at radius 2 is 2.08 bits per heavy atom. The van der Waals surface area contributed by atoms with Crippen molar-refractivity contribution < 1.29 is 0 Å². The first kappa shape index (κ1) is 8.48. The topological polar surface area (TPSA) is 36.1 Å². The molecule has 0 spiro atoms. The molecule has 1 aromatic carbocycles. The van der Waals surface area contributed by atoms with Gasteiger partial charge in [0.2, 0.25) is 0 Å². The van der Waals surface area contributed by atoms with E-state index in [-0.39, 0.29) is 6.54 Å². The first-order chi connectivity index (χ1) is 5.93. The van der Waals surface area contributed by atoms with Gasteiger partial charge in [0, 0.05) is 12.6 Å². The van der Waals surface area contributed by atoms with Crippen LogP contribution in [0.5, 0.6) is 0 Å². The SMILES string of the molecule is N#CCN=CCc1ccccc1. The predicted molar refractivity (Wildman–Crippen MR) is 49.1 cm³/mol. The molecule has 0 saturated carbocycles. The first-order valence-corrected chi connectivity index (χ1v) is 3.82. The molecule has 0 fully saturated rings. The van der Waals surface area contributed by atoms with E-state index in [0.29, 0.717) is 0 Å². The van der Waals surface area contributed by atoms with Gasteiger partial charge in [-0.15, -0.1) is 0 Å². The monoisotopic (exact) mass is 158 g/mol. The van der Waals surface area contributed by atoms with Crippen molar-refractivity contribution >= 4 is 6.21 Å². The molecule has 2 nitrogen and oxygen atoms in total. The van der Waals surface area contributed by atoms with Crippen LogP contribution >= 0.6 is 0 Å². The summed E-state index contributed by atoms with van der Waals surface area (Å²) in [6.07, 6.45) is 2.58. The average Bonchev–Trinajstić information content (AvgIpc) is 2.14. The summed E-state index contributed by atoms with van der Waals surface area (Å²) in [6.45, 7) is 0.257. The largest absolute Gasteiger partial charge is 0.282 e. The molecule has 0 bridgehead atoms. The molecule has 0 aliphatic rings. The zero-order chi connectivity index (χ0) is 8.65. The Hall–Kier alpha value is -1.62. The fraction of sp³-hybridized carbons (Fsp3) is 0.200. The quantitative estimate of drug-likeness (QED) is 0.488. The summed E-state index contributed by atoms with van der Waals surface area (Å²) in [5, 5.41) is 8.20. The molecule has 0 unspecified atom stereocenters. The molecule has 1 rings (SSSR count). The molecule has 0 aromatic heterocycles. The van der Waals surface area contributed by atoms with Crippen LogP contribution in [0.4, 0.5) is 0 Å². The Morgan fingerprint density at radius 3 is 2.75 bits per heavy atom. The van der Waals surface area contributed by atoms with Crippen molar-refractivity contribution in [3.8, 4) is 6.07 Å². The lowest BCUT2D eigenvalue weighted by Crippen LogP contribution is -1.85. The van der Waals surface area contributed by atoms with Gasteiger partial charge in [0.25, 0.3) is 0 Å². The van der Waals surface area contributed by atoms with Crippen LogP contribution in [0, 0.1) is 11.3 Å². The minimum atomic E-state index is 0.257. The standard InChI is InChI=1S/C10H10N2/c11-7-9-12-8-6-10-4-2-1-3-5-10/h1-5,8H,6,9H2. The Bertz CT molecular complexity index is 282. The van der Waals surface area contributed by atoms with E-state index >= 15 is 0 Å². The lowest BCUT2D eigenvalue weighted by atomic mass is 10.2. The summed E-state index contributed by atoms with van der Waals surface area (Å²) in [5.74, 6) is 0. The van der Waals surface area contributed by atoms with E-state index in [1.807, 2.05) is 36.4 Å². The maximum Gasteiger partial charge on any atom is 0.125 e. The van der Waals surface area contributed by atoms with Crippen LogP contribution < -0.4 is 0 Å². The molecule has 0 amide bonds. The van der Waals surface area contributed by atoms with Gasteiger partial charge >= 0.3 is 0 Å². The molecule has 0 radical (unpaired) electrons. The number of aliphatic imine (C=N–C) groups is 1. The van der Waals surface area contributed by atoms with Crippen LogP contribution in [0.15, 0.2) is 35.3 Å². The van der Waals surface area contributed by atoms with Crippen LogP contribution in [0.1, 0.15) is 5.56 Å². The van der Waals surface area contributed by atoms with Crippen LogP contribution in [0.2, 0.25) is 0 Å². The van der Waals surface area contributed by atoms with E-state index in [1.165, 1.54) is 5.56 Å². The molecule has 0 aliphatic heterocycles. The van der Waals surface area contributed by atoms with Gasteiger partial charge in [-0.25, -0.2) is 0 Å². The molecule has 2 heteroatoms. The van der Waals surface area contributed by atoms with Crippen LogP contribution in [0.25, 0.3) is 0 Å². The minimum absolute atomic E-state index is 0.257. The maximum atomic E-state index is 8.20. The van der Waals surface area contributed by atoms with E-state index in [2.05, 4.69) is 4.99 Å². The zero-order valence-corrected chi connectivity index (χ0v) is 6.77. The lowest BCUT2D eigenvalue weighted by Gasteiger charge is -1.92. The van der Waals surface area contributed by atoms with Crippen molar-refractivity contribution in [3.63, 3.8) is 0 Å². The first-order valence-electron chi connectivity index (χ1n) is 3.82. The van der Waals surface area contributed by atoms with E-state index in [1.54, 1.807) is 6.21 Å². The summed E-state index contributed by atoms with van der Waals surface area (Å²) >= 11 is 0. The Labute approximate surface area is 72.2 Å². The Kier molecular flexibility index (Phi) is 3.59. The molecule has 60 valence electrons. The number of nitriles is 1. The third-order valence-electron chi connectivity index (χ3n) is 1.46. The van der Waals surface area contributed by atoms with Crippen molar-refractivity contribution in [3.05, 3.63) is 35.9 Å². The highest BCUT2D eigenvalue weighted by atomic mass is 14.7. The summed E-state index contributed by atoms with van der Waals surface area (Å²) in [4.78, 5) is 3.90. The maximum absolute atomic E-state index is 8.20. The van der Waals surface area contributed by atoms with Crippen LogP contribution in [0.3, 0.4) is 0 Å². The smallest absolute Gasteiger partial charge is 0.125 e. The third-order valence-corrected chi connectivity index (χ3v) is 1.46. The fourth-order valence-corrected chi connectivity index (χ4v) is 0.889. The molecule has 0 saturated heterocycles. The van der Waals surface area contributed by atoms with Crippen molar-refractivity contribution in [1.29, 1.82) is 5.26 Å². The number of hydrogen-bond donors (Lipinski definition) is 0. The molecule has 0 heterocycles. The Morgan fingerprint density at radius 1 is 1.33 bits per heavy atom. The van der Waals surface area contributed by atoms with Crippen LogP contribution in [-0.2, 0) is 6.42 Å². The number of rotatable bonds is 3. The summed E-state index contributed by atoms with van der Waals surface area (Å²) in [6, 6.07) is 12.0. The van der Waals surface area contributed by atoms with Gasteiger partial charge in [0.1, 0.15) is 6.54 Å². The number of nitrogens with zero attached hydrogens (tertiary/aromatic N) is 2. The van der Waals surface area contributed by atoms with Crippen LogP contribution in [-0.4, -0.2) is 12.8 Å². The highest BCUT2D eigenvalue weighted by Crippen LogP contribution is 1.96. The summed E-state index contributed by atoms with van der Waals surface area (Å²) in [5.41, 5.74) is 1.22. The van der Waals surface area contributed by atoms with Gasteiger partial charge in [-0.05, 0) is 5.56 Å².